The van der Waals surface area contributed by atoms with Crippen molar-refractivity contribution in [3.05, 3.63) is 29.8 Å². The molecule has 1 N–H and O–H groups in total. The van der Waals surface area contributed by atoms with E-state index in [0.29, 0.717) is 0 Å². The van der Waals surface area contributed by atoms with E-state index in [2.05, 4.69) is 24.4 Å². The van der Waals surface area contributed by atoms with E-state index in [4.69, 9.17) is 4.74 Å². The lowest BCUT2D eigenvalue weighted by Crippen LogP contribution is -2.28. The molecule has 0 saturated heterocycles. The summed E-state index contributed by atoms with van der Waals surface area (Å²) in [5, 5.41) is 3.69. The van der Waals surface area contributed by atoms with Gasteiger partial charge in [-0.1, -0.05) is 25.5 Å². The summed E-state index contributed by atoms with van der Waals surface area (Å²) >= 11 is 0. The summed E-state index contributed by atoms with van der Waals surface area (Å²) in [5.74, 6) is 1.90. The molecule has 0 aromatic heterocycles. The number of nitrogens with one attached hydrogen (secondary N) is 1. The first-order valence-corrected chi connectivity index (χ1v) is 7.18. The van der Waals surface area contributed by atoms with Crippen LogP contribution in [0.3, 0.4) is 0 Å². The Morgan fingerprint density at radius 3 is 2.61 bits per heavy atom. The van der Waals surface area contributed by atoms with E-state index in [1.165, 1.54) is 31.2 Å². The summed E-state index contributed by atoms with van der Waals surface area (Å²) < 4.78 is 5.16. The molecule has 1 aliphatic carbocycles. The van der Waals surface area contributed by atoms with Crippen LogP contribution >= 0.6 is 0 Å². The van der Waals surface area contributed by atoms with E-state index in [9.17, 15) is 0 Å². The van der Waals surface area contributed by atoms with Gasteiger partial charge in [-0.15, -0.1) is 0 Å². The zero-order valence-corrected chi connectivity index (χ0v) is 11.6. The third-order valence-electron chi connectivity index (χ3n) is 4.12. The fourth-order valence-electron chi connectivity index (χ4n) is 2.84. The van der Waals surface area contributed by atoms with Crippen molar-refractivity contribution in [2.45, 2.75) is 45.1 Å². The van der Waals surface area contributed by atoms with Crippen LogP contribution in [0.15, 0.2) is 24.3 Å². The molecule has 0 heterocycles. The molecule has 2 atom stereocenters. The Labute approximate surface area is 111 Å². The van der Waals surface area contributed by atoms with E-state index in [-0.39, 0.29) is 0 Å². The van der Waals surface area contributed by atoms with Crippen molar-refractivity contribution >= 4 is 0 Å². The smallest absolute Gasteiger partial charge is 0.118 e. The number of methoxy groups -OCH3 is 1. The molecule has 2 unspecified atom stereocenters. The molecule has 2 heteroatoms. The predicted molar refractivity (Wildman–Crippen MR) is 76.1 cm³/mol. The van der Waals surface area contributed by atoms with E-state index in [0.717, 1.165) is 30.7 Å². The number of ether oxygens (including phenoxy) is 1. The van der Waals surface area contributed by atoms with Crippen LogP contribution in [-0.2, 0) is 6.42 Å². The highest BCUT2D eigenvalue weighted by molar-refractivity contribution is 5.27. The van der Waals surface area contributed by atoms with Crippen molar-refractivity contribution in [2.24, 2.45) is 5.92 Å². The second kappa shape index (κ2) is 6.79. The Bertz CT molecular complexity index is 347. The normalized spacial score (nSPS) is 23.2. The molecule has 100 valence electrons. The molecule has 1 aliphatic rings. The quantitative estimate of drug-likeness (QED) is 0.832. The average molecular weight is 247 g/mol. The lowest BCUT2D eigenvalue weighted by Gasteiger charge is -2.12. The maximum absolute atomic E-state index is 5.16. The van der Waals surface area contributed by atoms with Gasteiger partial charge in [0, 0.05) is 6.04 Å². The minimum Gasteiger partial charge on any atom is -0.497 e. The van der Waals surface area contributed by atoms with Gasteiger partial charge in [0.1, 0.15) is 5.75 Å². The van der Waals surface area contributed by atoms with Gasteiger partial charge in [0.25, 0.3) is 0 Å². The second-order valence-corrected chi connectivity index (χ2v) is 5.34. The highest BCUT2D eigenvalue weighted by Crippen LogP contribution is 2.27. The highest BCUT2D eigenvalue weighted by Gasteiger charge is 2.22. The molecular formula is C16H25NO. The van der Waals surface area contributed by atoms with Crippen molar-refractivity contribution < 1.29 is 4.74 Å². The topological polar surface area (TPSA) is 21.3 Å². The molecule has 2 nitrogen and oxygen atoms in total. The van der Waals surface area contributed by atoms with Crippen LogP contribution in [0.2, 0.25) is 0 Å². The molecule has 0 spiro atoms. The summed E-state index contributed by atoms with van der Waals surface area (Å²) in [7, 11) is 1.71. The molecule has 1 saturated carbocycles. The van der Waals surface area contributed by atoms with Gasteiger partial charge in [-0.25, -0.2) is 0 Å². The Balaban J connectivity index is 1.68. The van der Waals surface area contributed by atoms with Crippen LogP contribution < -0.4 is 10.1 Å². The zero-order valence-electron chi connectivity index (χ0n) is 11.6. The molecule has 0 radical (unpaired) electrons. The predicted octanol–water partition coefficient (Wildman–Crippen LogP) is 3.41. The summed E-state index contributed by atoms with van der Waals surface area (Å²) in [6.07, 6.45) is 6.60. The van der Waals surface area contributed by atoms with Gasteiger partial charge in [0.15, 0.2) is 0 Å². The van der Waals surface area contributed by atoms with Crippen molar-refractivity contribution in [3.63, 3.8) is 0 Å². The van der Waals surface area contributed by atoms with Gasteiger partial charge in [0.05, 0.1) is 7.11 Å². The van der Waals surface area contributed by atoms with Gasteiger partial charge >= 0.3 is 0 Å². The van der Waals surface area contributed by atoms with Crippen LogP contribution in [0.4, 0.5) is 0 Å². The SMILES string of the molecule is CCC1CCC(NCCc2ccc(OC)cc2)C1. The van der Waals surface area contributed by atoms with Gasteiger partial charge in [-0.2, -0.15) is 0 Å². The maximum atomic E-state index is 5.16. The minimum absolute atomic E-state index is 0.758. The number of benzene rings is 1. The summed E-state index contributed by atoms with van der Waals surface area (Å²) in [6, 6.07) is 9.15. The lowest BCUT2D eigenvalue weighted by molar-refractivity contribution is 0.414. The van der Waals surface area contributed by atoms with E-state index < -0.39 is 0 Å². The van der Waals surface area contributed by atoms with Crippen LogP contribution in [0.5, 0.6) is 5.75 Å². The summed E-state index contributed by atoms with van der Waals surface area (Å²) in [6.45, 7) is 3.40. The van der Waals surface area contributed by atoms with Gasteiger partial charge in [-0.3, -0.25) is 0 Å². The van der Waals surface area contributed by atoms with Crippen molar-refractivity contribution in [1.29, 1.82) is 0 Å². The fourth-order valence-corrected chi connectivity index (χ4v) is 2.84. The first-order chi connectivity index (χ1) is 8.81. The van der Waals surface area contributed by atoms with Crippen LogP contribution in [0, 0.1) is 5.92 Å². The van der Waals surface area contributed by atoms with Crippen LogP contribution in [0.25, 0.3) is 0 Å². The van der Waals surface area contributed by atoms with Gasteiger partial charge < -0.3 is 10.1 Å². The Hall–Kier alpha value is -1.02. The molecule has 1 aromatic carbocycles. The third kappa shape index (κ3) is 3.74. The molecule has 2 rings (SSSR count). The van der Waals surface area contributed by atoms with E-state index in [1.54, 1.807) is 7.11 Å². The summed E-state index contributed by atoms with van der Waals surface area (Å²) in [4.78, 5) is 0. The third-order valence-corrected chi connectivity index (χ3v) is 4.12. The summed E-state index contributed by atoms with van der Waals surface area (Å²) in [5.41, 5.74) is 1.38. The first-order valence-electron chi connectivity index (χ1n) is 7.18. The molecule has 0 amide bonds. The Kier molecular flexibility index (Phi) is 5.06. The van der Waals surface area contributed by atoms with Gasteiger partial charge in [0.2, 0.25) is 0 Å². The lowest BCUT2D eigenvalue weighted by atomic mass is 10.1. The van der Waals surface area contributed by atoms with E-state index >= 15 is 0 Å². The fraction of sp³-hybridized carbons (Fsp3) is 0.625. The monoisotopic (exact) mass is 247 g/mol. The molecule has 0 bridgehead atoms. The van der Waals surface area contributed by atoms with Crippen molar-refractivity contribution in [2.75, 3.05) is 13.7 Å². The van der Waals surface area contributed by atoms with Crippen molar-refractivity contribution in [1.82, 2.24) is 5.32 Å². The highest BCUT2D eigenvalue weighted by atomic mass is 16.5. The van der Waals surface area contributed by atoms with Crippen molar-refractivity contribution in [3.8, 4) is 5.75 Å². The molecule has 1 fully saturated rings. The Morgan fingerprint density at radius 1 is 1.22 bits per heavy atom. The number of hydrogen-bond donors (Lipinski definition) is 1. The number of rotatable bonds is 6. The maximum Gasteiger partial charge on any atom is 0.118 e. The average Bonchev–Trinajstić information content (AvgIpc) is 2.87. The van der Waals surface area contributed by atoms with E-state index in [1.807, 2.05) is 12.1 Å². The zero-order chi connectivity index (χ0) is 12.8. The Morgan fingerprint density at radius 2 is 2.00 bits per heavy atom. The van der Waals surface area contributed by atoms with Crippen LogP contribution in [-0.4, -0.2) is 19.7 Å². The number of hydrogen-bond acceptors (Lipinski definition) is 2. The van der Waals surface area contributed by atoms with Gasteiger partial charge in [-0.05, 0) is 55.8 Å². The molecule has 0 aliphatic heterocycles. The largest absolute Gasteiger partial charge is 0.497 e. The minimum atomic E-state index is 0.758. The molecule has 18 heavy (non-hydrogen) atoms. The molecular weight excluding hydrogens is 222 g/mol. The molecule has 1 aromatic rings. The van der Waals surface area contributed by atoms with Crippen LogP contribution in [0.1, 0.15) is 38.2 Å². The standard InChI is InChI=1S/C16H25NO/c1-3-13-4-7-15(12-13)17-11-10-14-5-8-16(18-2)9-6-14/h5-6,8-9,13,15,17H,3-4,7,10-12H2,1-2H3. The first kappa shape index (κ1) is 13.4. The second-order valence-electron chi connectivity index (χ2n) is 5.34.